The van der Waals surface area contributed by atoms with Crippen LogP contribution in [0.25, 0.3) is 0 Å². The predicted molar refractivity (Wildman–Crippen MR) is 72.0 cm³/mol. The number of anilines is 1. The highest BCUT2D eigenvalue weighted by Crippen LogP contribution is 2.32. The molecule has 1 amide bonds. The maximum Gasteiger partial charge on any atom is 0.482 e. The first kappa shape index (κ1) is 17.6. The molecule has 0 bridgehead atoms. The third-order valence-corrected chi connectivity index (χ3v) is 2.77. The maximum atomic E-state index is 13.7. The molecule has 0 saturated heterocycles. The summed E-state index contributed by atoms with van der Waals surface area (Å²) in [6.45, 7) is 0. The van der Waals surface area contributed by atoms with E-state index >= 15 is 0 Å². The standard InChI is InChI=1S/C15H9F6NO2/c16-10-4-6-11(7-5-10)22-13(23)15(20,21)24-12-3-1-2-9(8-12)14(17,18)19/h1-8H,(H,22,23). The van der Waals surface area contributed by atoms with Crippen LogP contribution < -0.4 is 10.1 Å². The molecule has 128 valence electrons. The number of hydrogen-bond donors (Lipinski definition) is 1. The molecule has 0 aromatic heterocycles. The van der Waals surface area contributed by atoms with Gasteiger partial charge in [-0.05, 0) is 42.5 Å². The molecule has 0 aliphatic rings. The average molecular weight is 349 g/mol. The van der Waals surface area contributed by atoms with E-state index < -0.39 is 35.3 Å². The Balaban J connectivity index is 2.12. The third kappa shape index (κ3) is 4.40. The Kier molecular flexibility index (Phi) is 4.72. The highest BCUT2D eigenvalue weighted by atomic mass is 19.4. The molecule has 0 saturated carbocycles. The van der Waals surface area contributed by atoms with Crippen molar-refractivity contribution in [2.24, 2.45) is 0 Å². The van der Waals surface area contributed by atoms with Crippen LogP contribution in [0, 0.1) is 5.82 Å². The number of halogens is 6. The van der Waals surface area contributed by atoms with Crippen molar-refractivity contribution in [1.82, 2.24) is 0 Å². The summed E-state index contributed by atoms with van der Waals surface area (Å²) in [4.78, 5) is 11.5. The van der Waals surface area contributed by atoms with Gasteiger partial charge in [0.1, 0.15) is 11.6 Å². The zero-order valence-corrected chi connectivity index (χ0v) is 11.7. The molecule has 0 unspecified atom stereocenters. The van der Waals surface area contributed by atoms with Crippen molar-refractivity contribution in [1.29, 1.82) is 0 Å². The lowest BCUT2D eigenvalue weighted by atomic mass is 10.2. The van der Waals surface area contributed by atoms with Gasteiger partial charge in [0.05, 0.1) is 5.56 Å². The molecule has 3 nitrogen and oxygen atoms in total. The van der Waals surface area contributed by atoms with Crippen LogP contribution in [0.4, 0.5) is 32.0 Å². The molecule has 0 atom stereocenters. The van der Waals surface area contributed by atoms with Gasteiger partial charge in [-0.1, -0.05) is 6.07 Å². The van der Waals surface area contributed by atoms with Gasteiger partial charge in [-0.15, -0.1) is 0 Å². The van der Waals surface area contributed by atoms with E-state index in [4.69, 9.17) is 0 Å². The molecule has 24 heavy (non-hydrogen) atoms. The van der Waals surface area contributed by atoms with Gasteiger partial charge >= 0.3 is 18.2 Å². The van der Waals surface area contributed by atoms with Crippen molar-refractivity contribution in [3.8, 4) is 5.75 Å². The quantitative estimate of drug-likeness (QED) is 0.828. The molecule has 0 aliphatic carbocycles. The fourth-order valence-corrected chi connectivity index (χ4v) is 1.67. The summed E-state index contributed by atoms with van der Waals surface area (Å²) in [7, 11) is 0. The summed E-state index contributed by atoms with van der Waals surface area (Å²) < 4.78 is 81.8. The molecule has 0 radical (unpaired) electrons. The summed E-state index contributed by atoms with van der Waals surface area (Å²) >= 11 is 0. The first-order valence-electron chi connectivity index (χ1n) is 6.39. The van der Waals surface area contributed by atoms with E-state index in [-0.39, 0.29) is 5.69 Å². The van der Waals surface area contributed by atoms with E-state index in [1.54, 1.807) is 5.32 Å². The van der Waals surface area contributed by atoms with Crippen LogP contribution >= 0.6 is 0 Å². The number of nitrogens with one attached hydrogen (secondary N) is 1. The molecular weight excluding hydrogens is 340 g/mol. The Morgan fingerprint density at radius 3 is 2.17 bits per heavy atom. The summed E-state index contributed by atoms with van der Waals surface area (Å²) in [5.74, 6) is -3.38. The fraction of sp³-hybridized carbons (Fsp3) is 0.133. The predicted octanol–water partition coefficient (Wildman–Crippen LogP) is 4.45. The molecule has 2 aromatic rings. The van der Waals surface area contributed by atoms with Gasteiger partial charge in [-0.25, -0.2) is 4.39 Å². The second-order valence-electron chi connectivity index (χ2n) is 4.61. The number of carbonyl (C=O) groups excluding carboxylic acids is 1. The maximum absolute atomic E-state index is 13.7. The lowest BCUT2D eigenvalue weighted by molar-refractivity contribution is -0.187. The van der Waals surface area contributed by atoms with Crippen LogP contribution in [0.5, 0.6) is 5.75 Å². The number of amides is 1. The molecule has 1 N–H and O–H groups in total. The van der Waals surface area contributed by atoms with Crippen molar-refractivity contribution in [2.75, 3.05) is 5.32 Å². The smallest absolute Gasteiger partial charge is 0.425 e. The van der Waals surface area contributed by atoms with Crippen LogP contribution in [-0.2, 0) is 11.0 Å². The van der Waals surface area contributed by atoms with Gasteiger partial charge < -0.3 is 10.1 Å². The fourth-order valence-electron chi connectivity index (χ4n) is 1.67. The highest BCUT2D eigenvalue weighted by Gasteiger charge is 2.43. The number of rotatable bonds is 4. The molecular formula is C15H9F6NO2. The number of benzene rings is 2. The van der Waals surface area contributed by atoms with Gasteiger partial charge in [0.15, 0.2) is 0 Å². The molecule has 0 heterocycles. The first-order valence-corrected chi connectivity index (χ1v) is 6.39. The lowest BCUT2D eigenvalue weighted by Gasteiger charge is -2.18. The summed E-state index contributed by atoms with van der Waals surface area (Å²) in [6.07, 6.45) is -9.18. The first-order chi connectivity index (χ1) is 11.1. The van der Waals surface area contributed by atoms with E-state index in [2.05, 4.69) is 4.74 Å². The van der Waals surface area contributed by atoms with Crippen LogP contribution in [0.3, 0.4) is 0 Å². The molecule has 9 heteroatoms. The summed E-state index contributed by atoms with van der Waals surface area (Å²) in [5.41, 5.74) is -1.33. The number of hydrogen-bond acceptors (Lipinski definition) is 2. The van der Waals surface area contributed by atoms with Crippen molar-refractivity contribution in [3.05, 3.63) is 59.9 Å². The van der Waals surface area contributed by atoms with Crippen molar-refractivity contribution < 1.29 is 35.9 Å². The number of ether oxygens (including phenoxy) is 1. The minimum Gasteiger partial charge on any atom is -0.425 e. The second-order valence-corrected chi connectivity index (χ2v) is 4.61. The molecule has 0 aliphatic heterocycles. The Morgan fingerprint density at radius 2 is 1.58 bits per heavy atom. The molecule has 2 rings (SSSR count). The van der Waals surface area contributed by atoms with Gasteiger partial charge in [-0.3, -0.25) is 4.79 Å². The Labute approximate surface area is 131 Å². The highest BCUT2D eigenvalue weighted by molar-refractivity contribution is 5.95. The largest absolute Gasteiger partial charge is 0.482 e. The summed E-state index contributed by atoms with van der Waals surface area (Å²) in [6, 6.07) is 6.67. The van der Waals surface area contributed by atoms with E-state index in [0.29, 0.717) is 12.1 Å². The Morgan fingerprint density at radius 1 is 0.958 bits per heavy atom. The zero-order valence-electron chi connectivity index (χ0n) is 11.7. The van der Waals surface area contributed by atoms with E-state index in [9.17, 15) is 31.1 Å². The van der Waals surface area contributed by atoms with Gasteiger partial charge in [0.25, 0.3) is 0 Å². The van der Waals surface area contributed by atoms with Crippen LogP contribution in [0.2, 0.25) is 0 Å². The minimum atomic E-state index is -4.75. The van der Waals surface area contributed by atoms with Crippen LogP contribution in [0.1, 0.15) is 5.56 Å². The molecule has 0 spiro atoms. The van der Waals surface area contributed by atoms with Gasteiger partial charge in [-0.2, -0.15) is 22.0 Å². The molecule has 2 aromatic carbocycles. The monoisotopic (exact) mass is 349 g/mol. The Hall–Kier alpha value is -2.71. The SMILES string of the molecule is O=C(Nc1ccc(F)cc1)C(F)(F)Oc1cccc(C(F)(F)F)c1. The number of carbonyl (C=O) groups is 1. The second kappa shape index (κ2) is 6.42. The molecule has 0 fully saturated rings. The van der Waals surface area contributed by atoms with Crippen molar-refractivity contribution in [3.63, 3.8) is 0 Å². The normalized spacial score (nSPS) is 11.9. The topological polar surface area (TPSA) is 38.3 Å². The minimum absolute atomic E-state index is 0.131. The summed E-state index contributed by atoms with van der Waals surface area (Å²) in [5, 5.41) is 1.77. The van der Waals surface area contributed by atoms with E-state index in [1.807, 2.05) is 0 Å². The zero-order chi connectivity index (χ0) is 18.0. The Bertz CT molecular complexity index is 727. The van der Waals surface area contributed by atoms with Crippen LogP contribution in [-0.4, -0.2) is 12.0 Å². The van der Waals surface area contributed by atoms with Crippen molar-refractivity contribution >= 4 is 11.6 Å². The number of alkyl halides is 5. The van der Waals surface area contributed by atoms with Crippen molar-refractivity contribution in [2.45, 2.75) is 12.3 Å². The third-order valence-electron chi connectivity index (χ3n) is 2.77. The van der Waals surface area contributed by atoms with Crippen LogP contribution in [0.15, 0.2) is 48.5 Å². The van der Waals surface area contributed by atoms with Gasteiger partial charge in [0.2, 0.25) is 0 Å². The van der Waals surface area contributed by atoms with Gasteiger partial charge in [0, 0.05) is 5.69 Å². The van der Waals surface area contributed by atoms with E-state index in [0.717, 1.165) is 36.4 Å². The van der Waals surface area contributed by atoms with E-state index in [1.165, 1.54) is 0 Å². The lowest BCUT2D eigenvalue weighted by Crippen LogP contribution is -2.40. The average Bonchev–Trinajstić information content (AvgIpc) is 2.48.